The van der Waals surface area contributed by atoms with E-state index in [-0.39, 0.29) is 11.6 Å². The molecule has 0 rings (SSSR count). The van der Waals surface area contributed by atoms with Crippen LogP contribution in [0.3, 0.4) is 0 Å². The molecule has 0 radical (unpaired) electrons. The van der Waals surface area contributed by atoms with Crippen molar-refractivity contribution in [2.75, 3.05) is 14.2 Å². The molecular weight excluding hydrogens is 156 g/mol. The molecule has 0 bridgehead atoms. The van der Waals surface area contributed by atoms with Gasteiger partial charge in [0.1, 0.15) is 5.76 Å². The van der Waals surface area contributed by atoms with Gasteiger partial charge >= 0.3 is 0 Å². The molecule has 0 unspecified atom stereocenters. The molecule has 0 spiro atoms. The van der Waals surface area contributed by atoms with Gasteiger partial charge in [-0.2, -0.15) is 0 Å². The first-order chi connectivity index (χ1) is 5.61. The summed E-state index contributed by atoms with van der Waals surface area (Å²) in [6.45, 7) is 3.28. The zero-order valence-corrected chi connectivity index (χ0v) is 7.29. The van der Waals surface area contributed by atoms with E-state index in [0.717, 1.165) is 0 Å². The Bertz CT molecular complexity index is 219. The molecule has 0 heterocycles. The highest BCUT2D eigenvalue weighted by Crippen LogP contribution is 1.98. The van der Waals surface area contributed by atoms with Gasteiger partial charge in [0.2, 0.25) is 5.88 Å². The number of hydrogen-bond acceptors (Lipinski definition) is 4. The monoisotopic (exact) mass is 170 g/mol. The maximum atomic E-state index is 8.74. The molecule has 4 N–H and O–H groups in total. The van der Waals surface area contributed by atoms with Crippen molar-refractivity contribution in [3.8, 4) is 0 Å². The minimum atomic E-state index is -0.0355. The van der Waals surface area contributed by atoms with E-state index < -0.39 is 0 Å². The third kappa shape index (κ3) is 3.55. The molecule has 0 amide bonds. The van der Waals surface area contributed by atoms with Crippen molar-refractivity contribution in [3.63, 3.8) is 0 Å². The molecule has 68 valence electrons. The van der Waals surface area contributed by atoms with Gasteiger partial charge in [-0.25, -0.2) is 0 Å². The van der Waals surface area contributed by atoms with Crippen LogP contribution in [0.15, 0.2) is 36.1 Å². The van der Waals surface area contributed by atoms with Crippen molar-refractivity contribution >= 4 is 0 Å². The molecule has 0 aliphatic heterocycles. The van der Waals surface area contributed by atoms with Crippen LogP contribution in [0, 0.1) is 0 Å². The lowest BCUT2D eigenvalue weighted by molar-refractivity contribution is 0.281. The average molecular weight is 170 g/mol. The van der Waals surface area contributed by atoms with Gasteiger partial charge < -0.3 is 20.9 Å². The lowest BCUT2D eigenvalue weighted by Crippen LogP contribution is -2.13. The smallest absolute Gasteiger partial charge is 0.207 e. The summed E-state index contributed by atoms with van der Waals surface area (Å²) in [5.41, 5.74) is 6.04. The summed E-state index contributed by atoms with van der Waals surface area (Å²) in [5.74, 6) is 0.224. The Kier molecular flexibility index (Phi) is 4.45. The van der Waals surface area contributed by atoms with Gasteiger partial charge in [-0.3, -0.25) is 0 Å². The quantitative estimate of drug-likeness (QED) is 0.427. The van der Waals surface area contributed by atoms with Gasteiger partial charge in [0.25, 0.3) is 0 Å². The number of aliphatic hydroxyl groups is 1. The molecule has 0 atom stereocenters. The van der Waals surface area contributed by atoms with Crippen molar-refractivity contribution < 1.29 is 9.84 Å². The minimum Gasteiger partial charge on any atom is -0.509 e. The molecule has 0 aromatic heterocycles. The van der Waals surface area contributed by atoms with E-state index >= 15 is 0 Å². The van der Waals surface area contributed by atoms with Crippen LogP contribution in [-0.2, 0) is 4.74 Å². The van der Waals surface area contributed by atoms with E-state index in [1.165, 1.54) is 13.2 Å². The van der Waals surface area contributed by atoms with E-state index in [9.17, 15) is 0 Å². The SMILES string of the molecule is C=C(O)/C=C\C(NC)=C(/N)OC. The van der Waals surface area contributed by atoms with E-state index in [4.69, 9.17) is 15.6 Å². The van der Waals surface area contributed by atoms with Gasteiger partial charge in [0.15, 0.2) is 0 Å². The number of ether oxygens (including phenoxy) is 1. The summed E-state index contributed by atoms with van der Waals surface area (Å²) in [4.78, 5) is 0. The number of aliphatic hydroxyl groups excluding tert-OH is 1. The minimum absolute atomic E-state index is 0.0355. The van der Waals surface area contributed by atoms with Crippen molar-refractivity contribution in [2.24, 2.45) is 5.73 Å². The summed E-state index contributed by atoms with van der Waals surface area (Å²) >= 11 is 0. The Hall–Kier alpha value is -1.58. The molecule has 12 heavy (non-hydrogen) atoms. The van der Waals surface area contributed by atoms with Crippen molar-refractivity contribution in [2.45, 2.75) is 0 Å². The number of likely N-dealkylation sites (N-methyl/N-ethyl adjacent to an activating group) is 1. The summed E-state index contributed by atoms with van der Waals surface area (Å²) in [7, 11) is 3.17. The Morgan fingerprint density at radius 3 is 2.50 bits per heavy atom. The zero-order chi connectivity index (χ0) is 9.56. The van der Waals surface area contributed by atoms with Gasteiger partial charge in [-0.1, -0.05) is 6.58 Å². The normalized spacial score (nSPS) is 12.5. The van der Waals surface area contributed by atoms with Crippen LogP contribution in [0.5, 0.6) is 0 Å². The van der Waals surface area contributed by atoms with Crippen LogP contribution in [0.1, 0.15) is 0 Å². The number of allylic oxidation sites excluding steroid dienone is 2. The second-order valence-electron chi connectivity index (χ2n) is 2.06. The highest BCUT2D eigenvalue weighted by molar-refractivity contribution is 5.23. The fourth-order valence-corrected chi connectivity index (χ4v) is 0.578. The van der Waals surface area contributed by atoms with Crippen LogP contribution >= 0.6 is 0 Å². The van der Waals surface area contributed by atoms with Gasteiger partial charge in [0.05, 0.1) is 12.8 Å². The zero-order valence-electron chi connectivity index (χ0n) is 7.29. The topological polar surface area (TPSA) is 67.5 Å². The van der Waals surface area contributed by atoms with Gasteiger partial charge in [-0.15, -0.1) is 0 Å². The number of rotatable bonds is 4. The van der Waals surface area contributed by atoms with Crippen LogP contribution in [0.2, 0.25) is 0 Å². The van der Waals surface area contributed by atoms with E-state index in [1.807, 2.05) is 0 Å². The molecule has 0 saturated carbocycles. The molecule has 0 fully saturated rings. The Morgan fingerprint density at radius 1 is 1.58 bits per heavy atom. The highest BCUT2D eigenvalue weighted by atomic mass is 16.5. The lowest BCUT2D eigenvalue weighted by atomic mass is 10.3. The third-order valence-electron chi connectivity index (χ3n) is 1.20. The predicted octanol–water partition coefficient (Wildman–Crippen LogP) is 0.608. The number of nitrogens with one attached hydrogen (secondary N) is 1. The summed E-state index contributed by atoms with van der Waals surface area (Å²) in [6.07, 6.45) is 2.99. The fourth-order valence-electron chi connectivity index (χ4n) is 0.578. The van der Waals surface area contributed by atoms with Crippen LogP contribution in [0.25, 0.3) is 0 Å². The summed E-state index contributed by atoms with van der Waals surface area (Å²) < 4.78 is 4.77. The number of hydrogen-bond donors (Lipinski definition) is 3. The molecule has 0 aromatic carbocycles. The largest absolute Gasteiger partial charge is 0.509 e. The molecule has 0 aromatic rings. The summed E-state index contributed by atoms with van der Waals surface area (Å²) in [5, 5.41) is 11.5. The fraction of sp³-hybridized carbons (Fsp3) is 0.250. The lowest BCUT2D eigenvalue weighted by Gasteiger charge is -2.05. The molecule has 0 saturated heterocycles. The Balaban J connectivity index is 4.47. The first-order valence-corrected chi connectivity index (χ1v) is 3.39. The van der Waals surface area contributed by atoms with Crippen molar-refractivity contribution in [1.29, 1.82) is 0 Å². The first kappa shape index (κ1) is 10.4. The maximum absolute atomic E-state index is 8.74. The van der Waals surface area contributed by atoms with Gasteiger partial charge in [-0.05, 0) is 12.2 Å². The van der Waals surface area contributed by atoms with Crippen LogP contribution < -0.4 is 11.1 Å². The Morgan fingerprint density at radius 2 is 2.17 bits per heavy atom. The highest BCUT2D eigenvalue weighted by Gasteiger charge is 1.95. The first-order valence-electron chi connectivity index (χ1n) is 3.39. The van der Waals surface area contributed by atoms with E-state index in [1.54, 1.807) is 13.1 Å². The second-order valence-corrected chi connectivity index (χ2v) is 2.06. The average Bonchev–Trinajstić information content (AvgIpc) is 2.04. The van der Waals surface area contributed by atoms with Crippen LogP contribution in [0.4, 0.5) is 0 Å². The number of nitrogens with two attached hydrogens (primary N) is 1. The van der Waals surface area contributed by atoms with Gasteiger partial charge in [0, 0.05) is 7.05 Å². The maximum Gasteiger partial charge on any atom is 0.207 e. The van der Waals surface area contributed by atoms with Crippen LogP contribution in [-0.4, -0.2) is 19.3 Å². The molecule has 4 nitrogen and oxygen atoms in total. The van der Waals surface area contributed by atoms with E-state index in [0.29, 0.717) is 5.70 Å². The van der Waals surface area contributed by atoms with E-state index in [2.05, 4.69) is 11.9 Å². The molecule has 0 aliphatic carbocycles. The Labute approximate surface area is 72.0 Å². The standard InChI is InChI=1S/C8H14N2O2/c1-6(11)4-5-7(10-2)8(9)12-3/h4-5,10-11H,1,9H2,2-3H3/b5-4-,8-7-. The van der Waals surface area contributed by atoms with Crippen molar-refractivity contribution in [1.82, 2.24) is 5.32 Å². The van der Waals surface area contributed by atoms with Crippen molar-refractivity contribution in [3.05, 3.63) is 36.1 Å². The molecular formula is C8H14N2O2. The number of methoxy groups -OCH3 is 1. The molecule has 0 aliphatic rings. The summed E-state index contributed by atoms with van der Waals surface area (Å²) in [6, 6.07) is 0. The molecule has 4 heteroatoms. The predicted molar refractivity (Wildman–Crippen MR) is 48.2 cm³/mol. The second kappa shape index (κ2) is 5.12. The third-order valence-corrected chi connectivity index (χ3v) is 1.20.